The van der Waals surface area contributed by atoms with Crippen LogP contribution in [0, 0.1) is 0 Å². The van der Waals surface area contributed by atoms with Crippen LogP contribution in [-0.2, 0) is 12.8 Å². The Hall–Kier alpha value is -1.35. The predicted molar refractivity (Wildman–Crippen MR) is 78.8 cm³/mol. The number of carbonyl (C=O) groups excluding carboxylic acids is 1. The second-order valence-corrected chi connectivity index (χ2v) is 6.02. The molecule has 3 rings (SSSR count). The molecule has 1 atom stereocenters. The summed E-state index contributed by atoms with van der Waals surface area (Å²) in [5.74, 6) is 0.0978. The lowest BCUT2D eigenvalue weighted by atomic mass is 10.0. The maximum Gasteiger partial charge on any atom is 0.254 e. The highest BCUT2D eigenvalue weighted by molar-refractivity contribution is 5.94. The first kappa shape index (κ1) is 13.6. The number of benzene rings is 1. The Morgan fingerprint density at radius 1 is 1.15 bits per heavy atom. The summed E-state index contributed by atoms with van der Waals surface area (Å²) in [5, 5.41) is 9.54. The minimum atomic E-state index is -0.00162. The first-order chi connectivity index (χ1) is 9.79. The van der Waals surface area contributed by atoms with Gasteiger partial charge in [-0.2, -0.15) is 0 Å². The zero-order chi connectivity index (χ0) is 13.9. The molecule has 1 unspecified atom stereocenters. The summed E-state index contributed by atoms with van der Waals surface area (Å²) in [6, 6.07) is 6.15. The molecule has 1 heterocycles. The van der Waals surface area contributed by atoms with Crippen molar-refractivity contribution in [2.24, 2.45) is 0 Å². The van der Waals surface area contributed by atoms with Crippen LogP contribution in [0.5, 0.6) is 0 Å². The van der Waals surface area contributed by atoms with Crippen molar-refractivity contribution in [3.8, 4) is 0 Å². The molecule has 0 bridgehead atoms. The van der Waals surface area contributed by atoms with E-state index in [2.05, 4.69) is 12.1 Å². The molecule has 0 spiro atoms. The fraction of sp³-hybridized carbons (Fsp3) is 0.588. The number of hydrogen-bond acceptors (Lipinski definition) is 2. The Bertz CT molecular complexity index is 498. The lowest BCUT2D eigenvalue weighted by molar-refractivity contribution is 0.0599. The first-order valence-electron chi connectivity index (χ1n) is 7.83. The number of likely N-dealkylation sites (tertiary alicyclic amines) is 1. The number of carbonyl (C=O) groups is 1. The summed E-state index contributed by atoms with van der Waals surface area (Å²) in [6.45, 7) is 0.859. The van der Waals surface area contributed by atoms with Gasteiger partial charge in [0.15, 0.2) is 0 Å². The summed E-state index contributed by atoms with van der Waals surface area (Å²) < 4.78 is 0. The fourth-order valence-corrected chi connectivity index (χ4v) is 3.51. The van der Waals surface area contributed by atoms with Crippen molar-refractivity contribution in [1.82, 2.24) is 4.90 Å². The Kier molecular flexibility index (Phi) is 4.06. The van der Waals surface area contributed by atoms with Gasteiger partial charge in [0.05, 0.1) is 12.6 Å². The van der Waals surface area contributed by atoms with Crippen molar-refractivity contribution in [3.63, 3.8) is 0 Å². The summed E-state index contributed by atoms with van der Waals surface area (Å²) in [4.78, 5) is 14.6. The predicted octanol–water partition coefficient (Wildman–Crippen LogP) is 2.55. The van der Waals surface area contributed by atoms with E-state index in [1.54, 1.807) is 0 Å². The normalized spacial score (nSPS) is 22.4. The van der Waals surface area contributed by atoms with Crippen molar-refractivity contribution in [3.05, 3.63) is 34.9 Å². The van der Waals surface area contributed by atoms with Gasteiger partial charge in [0.25, 0.3) is 5.91 Å². The van der Waals surface area contributed by atoms with Gasteiger partial charge < -0.3 is 10.0 Å². The molecule has 20 heavy (non-hydrogen) atoms. The standard InChI is InChI=1S/C17H23NO2/c19-12-16-7-2-1-3-10-18(16)17(20)15-9-8-13-5-4-6-14(13)11-15/h8-9,11,16,19H,1-7,10,12H2. The van der Waals surface area contributed by atoms with Gasteiger partial charge in [0.1, 0.15) is 0 Å². The summed E-state index contributed by atoms with van der Waals surface area (Å²) in [6.07, 6.45) is 7.69. The number of hydrogen-bond donors (Lipinski definition) is 1. The van der Waals surface area contributed by atoms with Crippen molar-refractivity contribution in [2.75, 3.05) is 13.2 Å². The molecule has 1 aromatic carbocycles. The highest BCUT2D eigenvalue weighted by atomic mass is 16.3. The van der Waals surface area contributed by atoms with Crippen LogP contribution < -0.4 is 0 Å². The quantitative estimate of drug-likeness (QED) is 0.899. The Balaban J connectivity index is 1.83. The van der Waals surface area contributed by atoms with Crippen LogP contribution in [0.2, 0.25) is 0 Å². The van der Waals surface area contributed by atoms with Crippen molar-refractivity contribution in [2.45, 2.75) is 51.0 Å². The van der Waals surface area contributed by atoms with Gasteiger partial charge in [0.2, 0.25) is 0 Å². The number of amides is 1. The molecule has 108 valence electrons. The molecule has 1 aliphatic carbocycles. The van der Waals surface area contributed by atoms with Crippen molar-refractivity contribution in [1.29, 1.82) is 0 Å². The van der Waals surface area contributed by atoms with E-state index in [9.17, 15) is 9.90 Å². The number of aliphatic hydroxyl groups is 1. The van der Waals surface area contributed by atoms with E-state index in [0.29, 0.717) is 0 Å². The van der Waals surface area contributed by atoms with E-state index in [4.69, 9.17) is 0 Å². The molecule has 1 aromatic rings. The van der Waals surface area contributed by atoms with Gasteiger partial charge >= 0.3 is 0 Å². The third kappa shape index (κ3) is 2.59. The van der Waals surface area contributed by atoms with E-state index in [-0.39, 0.29) is 18.6 Å². The number of fused-ring (bicyclic) bond motifs is 1. The maximum atomic E-state index is 12.7. The average Bonchev–Trinajstić information content (AvgIpc) is 2.81. The van der Waals surface area contributed by atoms with E-state index in [1.807, 2.05) is 11.0 Å². The second kappa shape index (κ2) is 5.96. The summed E-state index contributed by atoms with van der Waals surface area (Å²) >= 11 is 0. The highest BCUT2D eigenvalue weighted by Crippen LogP contribution is 2.25. The Morgan fingerprint density at radius 2 is 2.00 bits per heavy atom. The van der Waals surface area contributed by atoms with Gasteiger partial charge in [-0.3, -0.25) is 4.79 Å². The first-order valence-corrected chi connectivity index (χ1v) is 7.83. The molecule has 3 heteroatoms. The molecule has 1 saturated heterocycles. The molecule has 1 amide bonds. The zero-order valence-corrected chi connectivity index (χ0v) is 12.0. The SMILES string of the molecule is O=C(c1ccc2c(c1)CCC2)N1CCCCCC1CO. The summed E-state index contributed by atoms with van der Waals surface area (Å²) in [7, 11) is 0. The van der Waals surface area contributed by atoms with Crippen LogP contribution >= 0.6 is 0 Å². The highest BCUT2D eigenvalue weighted by Gasteiger charge is 2.26. The molecule has 0 aromatic heterocycles. The lowest BCUT2D eigenvalue weighted by Gasteiger charge is -2.29. The molecule has 1 aliphatic heterocycles. The minimum Gasteiger partial charge on any atom is -0.394 e. The third-order valence-corrected chi connectivity index (χ3v) is 4.69. The van der Waals surface area contributed by atoms with Gasteiger partial charge in [-0.15, -0.1) is 0 Å². The van der Waals surface area contributed by atoms with Crippen molar-refractivity contribution < 1.29 is 9.90 Å². The summed E-state index contributed by atoms with van der Waals surface area (Å²) in [5.41, 5.74) is 3.54. The molecule has 0 saturated carbocycles. The van der Waals surface area contributed by atoms with Crippen LogP contribution in [-0.4, -0.2) is 35.1 Å². The van der Waals surface area contributed by atoms with Crippen LogP contribution in [0.25, 0.3) is 0 Å². The Morgan fingerprint density at radius 3 is 2.85 bits per heavy atom. The van der Waals surface area contributed by atoms with Gasteiger partial charge in [-0.1, -0.05) is 18.9 Å². The van der Waals surface area contributed by atoms with E-state index in [1.165, 1.54) is 17.5 Å². The van der Waals surface area contributed by atoms with Crippen molar-refractivity contribution >= 4 is 5.91 Å². The van der Waals surface area contributed by atoms with E-state index < -0.39 is 0 Å². The fourth-order valence-electron chi connectivity index (χ4n) is 3.51. The van der Waals surface area contributed by atoms with Crippen LogP contribution in [0.4, 0.5) is 0 Å². The topological polar surface area (TPSA) is 40.5 Å². The molecule has 1 N–H and O–H groups in total. The average molecular weight is 273 g/mol. The lowest BCUT2D eigenvalue weighted by Crippen LogP contribution is -2.42. The largest absolute Gasteiger partial charge is 0.394 e. The smallest absolute Gasteiger partial charge is 0.254 e. The molecule has 1 fully saturated rings. The van der Waals surface area contributed by atoms with Gasteiger partial charge in [-0.05, 0) is 55.4 Å². The van der Waals surface area contributed by atoms with E-state index in [0.717, 1.165) is 50.6 Å². The molecular formula is C17H23NO2. The zero-order valence-electron chi connectivity index (χ0n) is 12.0. The number of aryl methyl sites for hydroxylation is 2. The number of aliphatic hydroxyl groups excluding tert-OH is 1. The van der Waals surface area contributed by atoms with Crippen LogP contribution in [0.15, 0.2) is 18.2 Å². The second-order valence-electron chi connectivity index (χ2n) is 6.02. The Labute approximate surface area is 120 Å². The third-order valence-electron chi connectivity index (χ3n) is 4.69. The van der Waals surface area contributed by atoms with Gasteiger partial charge in [-0.25, -0.2) is 0 Å². The van der Waals surface area contributed by atoms with Gasteiger partial charge in [0, 0.05) is 12.1 Å². The van der Waals surface area contributed by atoms with Crippen LogP contribution in [0.3, 0.4) is 0 Å². The van der Waals surface area contributed by atoms with Crippen LogP contribution in [0.1, 0.15) is 53.6 Å². The molecule has 3 nitrogen and oxygen atoms in total. The molecular weight excluding hydrogens is 250 g/mol. The molecule has 0 radical (unpaired) electrons. The number of rotatable bonds is 2. The minimum absolute atomic E-state index is 0.00162. The molecule has 2 aliphatic rings. The van der Waals surface area contributed by atoms with E-state index >= 15 is 0 Å². The monoisotopic (exact) mass is 273 g/mol. The maximum absolute atomic E-state index is 12.7. The number of nitrogens with zero attached hydrogens (tertiary/aromatic N) is 1.